The molecule has 0 aliphatic carbocycles. The molecule has 3 rings (SSSR count). The summed E-state index contributed by atoms with van der Waals surface area (Å²) in [4.78, 5) is 11.2. The minimum absolute atomic E-state index is 0.136. The number of rotatable bonds is 6. The van der Waals surface area contributed by atoms with Gasteiger partial charge in [0.15, 0.2) is 17.3 Å². The summed E-state index contributed by atoms with van der Waals surface area (Å²) in [6, 6.07) is 12.6. The van der Waals surface area contributed by atoms with E-state index in [-0.39, 0.29) is 11.5 Å². The number of urea groups is 1. The van der Waals surface area contributed by atoms with E-state index in [1.54, 1.807) is 13.2 Å². The number of halogens is 1. The Hall–Kier alpha value is -3.33. The van der Waals surface area contributed by atoms with Crippen LogP contribution in [0.2, 0.25) is 0 Å². The summed E-state index contributed by atoms with van der Waals surface area (Å²) >= 11 is 3.41. The highest BCUT2D eigenvalue weighted by Crippen LogP contribution is 2.31. The van der Waals surface area contributed by atoms with Crippen LogP contribution >= 0.6 is 15.9 Å². The highest BCUT2D eigenvalue weighted by Gasteiger charge is 2.14. The Labute approximate surface area is 169 Å². The van der Waals surface area contributed by atoms with Crippen molar-refractivity contribution in [3.63, 3.8) is 0 Å². The first kappa shape index (κ1) is 19.4. The average Bonchev–Trinajstić information content (AvgIpc) is 2.70. The molecule has 0 atom stereocenters. The first-order valence-electron chi connectivity index (χ1n) is 8.14. The van der Waals surface area contributed by atoms with E-state index in [9.17, 15) is 4.79 Å². The highest BCUT2D eigenvalue weighted by molar-refractivity contribution is 9.10. The van der Waals surface area contributed by atoms with Gasteiger partial charge in [0.2, 0.25) is 0 Å². The van der Waals surface area contributed by atoms with Gasteiger partial charge in [0.05, 0.1) is 13.3 Å². The summed E-state index contributed by atoms with van der Waals surface area (Å²) in [6.45, 7) is 4.00. The molecule has 0 bridgehead atoms. The third-order valence-electron chi connectivity index (χ3n) is 3.64. The lowest BCUT2D eigenvalue weighted by Gasteiger charge is -2.13. The molecule has 2 amide bonds. The molecule has 1 N–H and O–H groups in total. The van der Waals surface area contributed by atoms with Crippen molar-refractivity contribution in [2.24, 2.45) is 20.4 Å². The lowest BCUT2D eigenvalue weighted by molar-refractivity contribution is 0.251. The second-order valence-corrected chi connectivity index (χ2v) is 6.48. The Morgan fingerprint density at radius 3 is 2.75 bits per heavy atom. The first-order chi connectivity index (χ1) is 13.6. The quantitative estimate of drug-likeness (QED) is 0.529. The van der Waals surface area contributed by atoms with Crippen molar-refractivity contribution in [1.82, 2.24) is 5.32 Å². The Bertz CT molecular complexity index is 984. The zero-order valence-corrected chi connectivity index (χ0v) is 16.5. The van der Waals surface area contributed by atoms with Crippen LogP contribution in [0.25, 0.3) is 0 Å². The first-order valence-corrected chi connectivity index (χ1v) is 8.93. The number of nitrogens with zero attached hydrogens (tertiary/aromatic N) is 4. The molecule has 0 fully saturated rings. The molecule has 1 aliphatic heterocycles. The molecule has 0 aromatic heterocycles. The molecule has 0 saturated heterocycles. The molecule has 2 aromatic carbocycles. The number of amidine groups is 1. The largest absolute Gasteiger partial charge is 0.493 e. The maximum atomic E-state index is 11.2. The number of amides is 2. The van der Waals surface area contributed by atoms with Crippen LogP contribution < -0.4 is 14.8 Å². The smallest absolute Gasteiger partial charge is 0.365 e. The maximum Gasteiger partial charge on any atom is 0.365 e. The molecule has 1 aliphatic rings. The zero-order valence-electron chi connectivity index (χ0n) is 14.9. The van der Waals surface area contributed by atoms with Crippen LogP contribution in [0.1, 0.15) is 11.1 Å². The van der Waals surface area contributed by atoms with E-state index in [0.29, 0.717) is 23.7 Å². The van der Waals surface area contributed by atoms with E-state index in [2.05, 4.69) is 48.3 Å². The number of hydrogen-bond acceptors (Lipinski definition) is 6. The Balaban J connectivity index is 1.80. The summed E-state index contributed by atoms with van der Waals surface area (Å²) in [7, 11) is 1.57. The lowest BCUT2D eigenvalue weighted by atomic mass is 10.2. The van der Waals surface area contributed by atoms with Crippen LogP contribution in [0.5, 0.6) is 11.5 Å². The van der Waals surface area contributed by atoms with E-state index in [1.165, 1.54) is 6.21 Å². The molecule has 2 aromatic rings. The summed E-state index contributed by atoms with van der Waals surface area (Å²) in [6.07, 6.45) is 1.50. The van der Waals surface area contributed by atoms with Gasteiger partial charge in [0, 0.05) is 10.0 Å². The molecule has 0 unspecified atom stereocenters. The van der Waals surface area contributed by atoms with E-state index in [1.807, 2.05) is 36.4 Å². The van der Waals surface area contributed by atoms with Crippen molar-refractivity contribution in [2.75, 3.05) is 7.11 Å². The fraction of sp³-hybridized carbons (Fsp3) is 0.105. The van der Waals surface area contributed by atoms with E-state index >= 15 is 0 Å². The number of methoxy groups -OCH3 is 1. The third-order valence-corrected chi connectivity index (χ3v) is 4.17. The Morgan fingerprint density at radius 2 is 2.00 bits per heavy atom. The maximum absolute atomic E-state index is 11.2. The minimum Gasteiger partial charge on any atom is -0.493 e. The number of nitrogens with one attached hydrogen (secondary N) is 1. The molecule has 28 heavy (non-hydrogen) atoms. The molecule has 0 saturated carbocycles. The van der Waals surface area contributed by atoms with Crippen LogP contribution in [-0.2, 0) is 6.61 Å². The number of azo groups is 1. The number of ether oxygens (including phenoxy) is 2. The highest BCUT2D eigenvalue weighted by atomic mass is 79.9. The van der Waals surface area contributed by atoms with E-state index in [4.69, 9.17) is 9.47 Å². The van der Waals surface area contributed by atoms with Crippen LogP contribution in [0.15, 0.2) is 79.6 Å². The molecular weight excluding hydrogens is 426 g/mol. The topological polar surface area (TPSA) is 97.0 Å². The molecule has 9 heteroatoms. The fourth-order valence-corrected chi connectivity index (χ4v) is 2.53. The van der Waals surface area contributed by atoms with Gasteiger partial charge in [0.1, 0.15) is 12.3 Å². The normalized spacial score (nSPS) is 15.1. The van der Waals surface area contributed by atoms with Crippen molar-refractivity contribution in [3.05, 3.63) is 70.3 Å². The van der Waals surface area contributed by atoms with Gasteiger partial charge in [-0.05, 0) is 29.8 Å². The van der Waals surface area contributed by atoms with Crippen molar-refractivity contribution in [2.45, 2.75) is 6.61 Å². The van der Waals surface area contributed by atoms with Gasteiger partial charge in [-0.15, -0.1) is 10.2 Å². The van der Waals surface area contributed by atoms with Gasteiger partial charge in [-0.3, -0.25) is 5.32 Å². The van der Waals surface area contributed by atoms with Gasteiger partial charge < -0.3 is 9.47 Å². The van der Waals surface area contributed by atoms with Crippen LogP contribution in [0.4, 0.5) is 4.79 Å². The monoisotopic (exact) mass is 441 g/mol. The molecule has 8 nitrogen and oxygen atoms in total. The van der Waals surface area contributed by atoms with E-state index in [0.717, 1.165) is 10.0 Å². The Morgan fingerprint density at radius 1 is 1.21 bits per heavy atom. The second kappa shape index (κ2) is 9.05. The summed E-state index contributed by atoms with van der Waals surface area (Å²) < 4.78 is 12.4. The van der Waals surface area contributed by atoms with Gasteiger partial charge in [-0.25, -0.2) is 4.79 Å². The number of para-hydroxylation sites is 1. The van der Waals surface area contributed by atoms with Gasteiger partial charge >= 0.3 is 6.03 Å². The summed E-state index contributed by atoms with van der Waals surface area (Å²) in [5.41, 5.74) is 1.88. The number of carbonyl (C=O) groups is 1. The number of carbonyl (C=O) groups excluding carboxylic acids is 1. The fourth-order valence-electron chi connectivity index (χ4n) is 2.27. The average molecular weight is 442 g/mol. The summed E-state index contributed by atoms with van der Waals surface area (Å²) in [5, 5.41) is 17.3. The minimum atomic E-state index is -0.624. The summed E-state index contributed by atoms with van der Waals surface area (Å²) in [5.74, 6) is 1.23. The third kappa shape index (κ3) is 4.89. The predicted octanol–water partition coefficient (Wildman–Crippen LogP) is 4.46. The van der Waals surface area contributed by atoms with Crippen molar-refractivity contribution in [1.29, 1.82) is 0 Å². The number of benzene rings is 2. The van der Waals surface area contributed by atoms with Crippen LogP contribution in [-0.4, -0.2) is 25.2 Å². The second-order valence-electron chi connectivity index (χ2n) is 5.56. The van der Waals surface area contributed by atoms with Crippen molar-refractivity contribution < 1.29 is 14.3 Å². The van der Waals surface area contributed by atoms with Gasteiger partial charge in [-0.2, -0.15) is 5.10 Å². The van der Waals surface area contributed by atoms with E-state index < -0.39 is 6.03 Å². The molecule has 142 valence electrons. The predicted molar refractivity (Wildman–Crippen MR) is 109 cm³/mol. The molecule has 0 spiro atoms. The van der Waals surface area contributed by atoms with Crippen LogP contribution in [0.3, 0.4) is 0 Å². The number of hydrogen-bond donors (Lipinski definition) is 1. The van der Waals surface area contributed by atoms with Crippen molar-refractivity contribution in [3.8, 4) is 11.5 Å². The Kier molecular flexibility index (Phi) is 6.28. The van der Waals surface area contributed by atoms with Gasteiger partial charge in [0.25, 0.3) is 0 Å². The molecular formula is C19H16BrN5O3. The molecule has 1 heterocycles. The van der Waals surface area contributed by atoms with Crippen molar-refractivity contribution >= 4 is 34.0 Å². The zero-order chi connectivity index (χ0) is 19.9. The molecule has 0 radical (unpaired) electrons. The van der Waals surface area contributed by atoms with Gasteiger partial charge in [-0.1, -0.05) is 45.8 Å². The standard InChI is InChI=1S/C19H16BrN5O3/c1-12-18(22-19(26)25-23-12)24-21-10-14-4-3-5-16(27-2)17(14)28-11-13-6-8-15(20)9-7-13/h3-10H,1,11H2,2H3,(H,22,24,26)/b21-10+. The lowest BCUT2D eigenvalue weighted by Crippen LogP contribution is -2.31. The van der Waals surface area contributed by atoms with Crippen LogP contribution in [0, 0.1) is 0 Å². The SMILES string of the molecule is C=C1N=NC(=O)N/C1=N/N=C/c1cccc(OC)c1OCc1ccc(Br)cc1.